The Hall–Kier alpha value is -3.92. The van der Waals surface area contributed by atoms with Gasteiger partial charge in [-0.1, -0.05) is 10.8 Å². The van der Waals surface area contributed by atoms with Crippen LogP contribution in [0.5, 0.6) is 0 Å². The van der Waals surface area contributed by atoms with Crippen molar-refractivity contribution in [2.75, 3.05) is 29.4 Å². The molecule has 0 bridgehead atoms. The molecule has 0 spiro atoms. The summed E-state index contributed by atoms with van der Waals surface area (Å²) in [6.45, 7) is 8.70. The fraction of sp³-hybridized carbons (Fsp3) is 0.350. The van der Waals surface area contributed by atoms with Gasteiger partial charge in [0.05, 0.1) is 37.2 Å². The second-order valence-corrected chi connectivity index (χ2v) is 7.09. The van der Waals surface area contributed by atoms with Crippen LogP contribution in [-0.4, -0.2) is 46.8 Å². The Morgan fingerprint density at radius 3 is 2.87 bits per heavy atom. The van der Waals surface area contributed by atoms with Gasteiger partial charge in [0.25, 0.3) is 0 Å². The predicted octanol–water partition coefficient (Wildman–Crippen LogP) is 2.72. The fourth-order valence-corrected chi connectivity index (χ4v) is 3.65. The highest BCUT2D eigenvalue weighted by atomic mass is 19.1. The number of hydrogen-bond donors (Lipinski definition) is 0. The number of cyclic esters (lactones) is 1. The van der Waals surface area contributed by atoms with Gasteiger partial charge in [-0.3, -0.25) is 4.90 Å². The van der Waals surface area contributed by atoms with Crippen molar-refractivity contribution in [1.82, 2.24) is 15.0 Å². The number of carbonyl (C=O) groups is 1. The molecule has 1 aromatic carbocycles. The number of aromatic nitrogens is 3. The van der Waals surface area contributed by atoms with Crippen molar-refractivity contribution in [3.63, 3.8) is 0 Å². The minimum Gasteiger partial charge on any atom is -0.442 e. The molecule has 3 heterocycles. The van der Waals surface area contributed by atoms with Gasteiger partial charge in [0, 0.05) is 13.1 Å². The van der Waals surface area contributed by atoms with E-state index in [4.69, 9.17) is 16.6 Å². The first-order chi connectivity index (χ1) is 14.6. The van der Waals surface area contributed by atoms with E-state index in [0.29, 0.717) is 24.5 Å². The van der Waals surface area contributed by atoms with Crippen LogP contribution in [0.2, 0.25) is 0 Å². The first kappa shape index (κ1) is 19.4. The minimum atomic E-state index is -0.556. The Bertz CT molecular complexity index is 1070. The topological polar surface area (TPSA) is 91.6 Å². The van der Waals surface area contributed by atoms with Crippen molar-refractivity contribution in [1.29, 1.82) is 5.26 Å². The highest BCUT2D eigenvalue weighted by molar-refractivity contribution is 5.90. The molecule has 0 saturated carbocycles. The molecule has 4 rings (SSSR count). The van der Waals surface area contributed by atoms with Crippen LogP contribution < -0.4 is 9.80 Å². The molecule has 0 radical (unpaired) electrons. The van der Waals surface area contributed by atoms with Crippen LogP contribution in [0, 0.1) is 23.7 Å². The second-order valence-electron chi connectivity index (χ2n) is 7.09. The molecule has 1 aromatic heterocycles. The molecular formula is C20H18FN7O2. The largest absolute Gasteiger partial charge is 0.442 e. The molecule has 2 aromatic rings. The van der Waals surface area contributed by atoms with Gasteiger partial charge in [-0.25, -0.2) is 18.7 Å². The highest BCUT2D eigenvalue weighted by Gasteiger charge is 2.33. The summed E-state index contributed by atoms with van der Waals surface area (Å²) in [5.74, 6) is -0.406. The lowest BCUT2D eigenvalue weighted by atomic mass is 10.0. The summed E-state index contributed by atoms with van der Waals surface area (Å²) >= 11 is 0. The number of ether oxygens (including phenoxy) is 1. The van der Waals surface area contributed by atoms with E-state index >= 15 is 0 Å². The van der Waals surface area contributed by atoms with Gasteiger partial charge in [-0.15, -0.1) is 5.10 Å². The molecule has 2 aliphatic rings. The summed E-state index contributed by atoms with van der Waals surface area (Å²) in [5, 5.41) is 16.3. The zero-order valence-corrected chi connectivity index (χ0v) is 16.0. The van der Waals surface area contributed by atoms with Crippen LogP contribution in [-0.2, 0) is 11.3 Å². The number of carbonyl (C=O) groups excluding carboxylic acids is 1. The van der Waals surface area contributed by atoms with Crippen LogP contribution in [0.4, 0.5) is 20.6 Å². The smallest absolute Gasteiger partial charge is 0.414 e. The van der Waals surface area contributed by atoms with Gasteiger partial charge in [-0.05, 0) is 31.0 Å². The number of halogens is 1. The summed E-state index contributed by atoms with van der Waals surface area (Å²) in [6, 6.07) is 6.60. The average molecular weight is 407 g/mol. The number of amides is 1. The molecule has 1 amide bonds. The number of nitrogens with zero attached hydrogens (tertiary/aromatic N) is 7. The van der Waals surface area contributed by atoms with E-state index in [1.165, 1.54) is 21.8 Å². The average Bonchev–Trinajstić information content (AvgIpc) is 3.35. The van der Waals surface area contributed by atoms with E-state index in [-0.39, 0.29) is 18.8 Å². The van der Waals surface area contributed by atoms with Crippen molar-refractivity contribution in [2.24, 2.45) is 0 Å². The number of nitriles is 1. The summed E-state index contributed by atoms with van der Waals surface area (Å²) in [5.41, 5.74) is 2.17. The number of piperidine rings is 1. The fourth-order valence-electron chi connectivity index (χ4n) is 3.65. The van der Waals surface area contributed by atoms with Crippen LogP contribution in [0.3, 0.4) is 0 Å². The van der Waals surface area contributed by atoms with Gasteiger partial charge in [-0.2, -0.15) is 5.26 Å². The first-order valence-electron chi connectivity index (χ1n) is 9.44. The van der Waals surface area contributed by atoms with Crippen molar-refractivity contribution < 1.29 is 13.9 Å². The van der Waals surface area contributed by atoms with Gasteiger partial charge in [0.2, 0.25) is 0 Å². The third-order valence-corrected chi connectivity index (χ3v) is 5.15. The van der Waals surface area contributed by atoms with Crippen LogP contribution >= 0.6 is 0 Å². The third kappa shape index (κ3) is 3.94. The number of rotatable bonds is 4. The van der Waals surface area contributed by atoms with E-state index in [0.717, 1.165) is 18.4 Å². The van der Waals surface area contributed by atoms with Gasteiger partial charge in [0.15, 0.2) is 11.9 Å². The Morgan fingerprint density at radius 2 is 2.20 bits per heavy atom. The Kier molecular flexibility index (Phi) is 5.31. The predicted molar refractivity (Wildman–Crippen MR) is 105 cm³/mol. The Balaban J connectivity index is 1.42. The van der Waals surface area contributed by atoms with E-state index < -0.39 is 18.0 Å². The number of benzene rings is 1. The summed E-state index contributed by atoms with van der Waals surface area (Å²) < 4.78 is 21.6. The Morgan fingerprint density at radius 1 is 1.40 bits per heavy atom. The molecule has 30 heavy (non-hydrogen) atoms. The SMILES string of the molecule is [C-]#[N+]C=C1CCN(c2ccc(N3C[C@H](Cn4cc(C#N)nn4)OC3=O)cc2F)CC1. The minimum absolute atomic E-state index is 0.184. The quantitative estimate of drug-likeness (QED) is 0.724. The molecule has 2 fully saturated rings. The first-order valence-corrected chi connectivity index (χ1v) is 9.44. The number of anilines is 2. The van der Waals surface area contributed by atoms with Gasteiger partial charge >= 0.3 is 6.09 Å². The van der Waals surface area contributed by atoms with E-state index in [2.05, 4.69) is 15.2 Å². The lowest BCUT2D eigenvalue weighted by Gasteiger charge is -2.31. The van der Waals surface area contributed by atoms with Gasteiger partial charge in [0.1, 0.15) is 18.0 Å². The summed E-state index contributed by atoms with van der Waals surface area (Å²) in [6.07, 6.45) is 3.46. The molecule has 0 N–H and O–H groups in total. The summed E-state index contributed by atoms with van der Waals surface area (Å²) in [4.78, 5) is 18.9. The standard InChI is InChI=1S/C20H18FN7O2/c1-23-10-14-4-6-26(7-5-14)19-3-2-16(8-18(19)21)28-13-17(30-20(28)29)12-27-11-15(9-22)24-25-27/h2-3,8,10-11,17H,4-7,12-13H2/t17-/m0/s1. The monoisotopic (exact) mass is 407 g/mol. The zero-order valence-electron chi connectivity index (χ0n) is 16.0. The number of hydrogen-bond acceptors (Lipinski definition) is 6. The normalized spacial score (nSPS) is 18.7. The second kappa shape index (κ2) is 8.21. The maximum absolute atomic E-state index is 14.8. The van der Waals surface area contributed by atoms with E-state index in [9.17, 15) is 9.18 Å². The Labute approximate surface area is 172 Å². The van der Waals surface area contributed by atoms with Crippen LogP contribution in [0.25, 0.3) is 4.85 Å². The molecule has 1 atom stereocenters. The molecule has 2 saturated heterocycles. The molecule has 0 aliphatic carbocycles. The van der Waals surface area contributed by atoms with E-state index in [1.54, 1.807) is 18.3 Å². The third-order valence-electron chi connectivity index (χ3n) is 5.15. The maximum atomic E-state index is 14.8. The van der Waals surface area contributed by atoms with Crippen molar-refractivity contribution >= 4 is 17.5 Å². The lowest BCUT2D eigenvalue weighted by Crippen LogP contribution is -2.31. The molecular weight excluding hydrogens is 389 g/mol. The van der Waals surface area contributed by atoms with Crippen molar-refractivity contribution in [2.45, 2.75) is 25.5 Å². The lowest BCUT2D eigenvalue weighted by molar-refractivity contribution is 0.129. The summed E-state index contributed by atoms with van der Waals surface area (Å²) in [7, 11) is 0. The highest BCUT2D eigenvalue weighted by Crippen LogP contribution is 2.30. The van der Waals surface area contributed by atoms with Crippen LogP contribution in [0.15, 0.2) is 36.2 Å². The molecule has 0 unspecified atom stereocenters. The zero-order chi connectivity index (χ0) is 21.1. The maximum Gasteiger partial charge on any atom is 0.414 e. The van der Waals surface area contributed by atoms with Gasteiger partial charge < -0.3 is 9.64 Å². The van der Waals surface area contributed by atoms with Crippen LogP contribution in [0.1, 0.15) is 18.5 Å². The molecule has 152 valence electrons. The molecule has 9 nitrogen and oxygen atoms in total. The molecule has 2 aliphatic heterocycles. The van der Waals surface area contributed by atoms with Crippen molar-refractivity contribution in [3.8, 4) is 6.07 Å². The van der Waals surface area contributed by atoms with E-state index in [1.807, 2.05) is 11.0 Å². The van der Waals surface area contributed by atoms with Crippen molar-refractivity contribution in [3.05, 3.63) is 59.1 Å². The molecule has 10 heteroatoms.